The Kier molecular flexibility index (Phi) is 3.14. The second-order valence-electron chi connectivity index (χ2n) is 4.75. The summed E-state index contributed by atoms with van der Waals surface area (Å²) in [6, 6.07) is 8.67. The molecular weight excluding hydrogens is 295 g/mol. The van der Waals surface area contributed by atoms with Gasteiger partial charge in [-0.25, -0.2) is 4.39 Å². The number of hydrogen-bond donors (Lipinski definition) is 1. The van der Waals surface area contributed by atoms with E-state index in [1.807, 2.05) is 0 Å². The lowest BCUT2D eigenvalue weighted by Crippen LogP contribution is -2.29. The summed E-state index contributed by atoms with van der Waals surface area (Å²) < 4.78 is 13.1. The molecule has 2 aromatic rings. The Labute approximate surface area is 124 Å². The summed E-state index contributed by atoms with van der Waals surface area (Å²) in [5, 5.41) is -0.0478. The summed E-state index contributed by atoms with van der Waals surface area (Å²) in [7, 11) is 0. The van der Waals surface area contributed by atoms with E-state index in [2.05, 4.69) is 0 Å². The zero-order valence-electron chi connectivity index (χ0n) is 10.8. The van der Waals surface area contributed by atoms with Gasteiger partial charge in [-0.1, -0.05) is 17.7 Å². The van der Waals surface area contributed by atoms with Gasteiger partial charge in [0.25, 0.3) is 11.8 Å². The predicted molar refractivity (Wildman–Crippen MR) is 76.5 cm³/mol. The molecule has 21 heavy (non-hydrogen) atoms. The number of benzene rings is 2. The molecule has 0 atom stereocenters. The molecule has 0 fully saturated rings. The van der Waals surface area contributed by atoms with E-state index < -0.39 is 17.6 Å². The van der Waals surface area contributed by atoms with Gasteiger partial charge in [-0.05, 0) is 35.9 Å². The number of imide groups is 1. The van der Waals surface area contributed by atoms with Crippen molar-refractivity contribution >= 4 is 29.1 Å². The first-order valence-electron chi connectivity index (χ1n) is 6.17. The van der Waals surface area contributed by atoms with Crippen molar-refractivity contribution in [2.24, 2.45) is 0 Å². The Morgan fingerprint density at radius 2 is 1.76 bits per heavy atom. The molecule has 0 bridgehead atoms. The van der Waals surface area contributed by atoms with E-state index in [4.69, 9.17) is 17.3 Å². The van der Waals surface area contributed by atoms with Crippen molar-refractivity contribution in [2.45, 2.75) is 6.54 Å². The number of nitrogen functional groups attached to an aromatic ring is 1. The number of carbonyl (C=O) groups is 2. The quantitative estimate of drug-likeness (QED) is 0.685. The highest BCUT2D eigenvalue weighted by molar-refractivity contribution is 6.30. The second-order valence-corrected chi connectivity index (χ2v) is 5.16. The lowest BCUT2D eigenvalue weighted by atomic mass is 10.1. The smallest absolute Gasteiger partial charge is 0.261 e. The van der Waals surface area contributed by atoms with Crippen LogP contribution in [0.4, 0.5) is 10.1 Å². The first kappa shape index (κ1) is 13.6. The molecule has 0 radical (unpaired) electrons. The minimum absolute atomic E-state index is 0.0340. The average Bonchev–Trinajstić information content (AvgIpc) is 2.68. The maximum absolute atomic E-state index is 13.1. The van der Waals surface area contributed by atoms with E-state index in [0.29, 0.717) is 16.8 Å². The van der Waals surface area contributed by atoms with Crippen LogP contribution in [0, 0.1) is 5.82 Å². The molecule has 0 spiro atoms. The van der Waals surface area contributed by atoms with Crippen LogP contribution in [0.25, 0.3) is 0 Å². The number of rotatable bonds is 2. The molecule has 2 aromatic carbocycles. The minimum atomic E-state index is -0.546. The van der Waals surface area contributed by atoms with E-state index in [1.54, 1.807) is 6.07 Å². The maximum Gasteiger partial charge on any atom is 0.261 e. The number of hydrogen-bond acceptors (Lipinski definition) is 3. The molecule has 106 valence electrons. The SMILES string of the molecule is Nc1ccc2c(c1)C(=O)N(Cc1ccc(F)c(Cl)c1)C2=O. The van der Waals surface area contributed by atoms with Crippen LogP contribution in [0.15, 0.2) is 36.4 Å². The second kappa shape index (κ2) is 4.86. The Balaban J connectivity index is 1.93. The molecule has 0 unspecified atom stereocenters. The Morgan fingerprint density at radius 1 is 1.05 bits per heavy atom. The number of nitrogens with two attached hydrogens (primary N) is 1. The Bertz CT molecular complexity index is 776. The van der Waals surface area contributed by atoms with Gasteiger partial charge in [-0.2, -0.15) is 0 Å². The van der Waals surface area contributed by atoms with Crippen molar-refractivity contribution < 1.29 is 14.0 Å². The number of halogens is 2. The third kappa shape index (κ3) is 2.25. The van der Waals surface area contributed by atoms with E-state index in [9.17, 15) is 14.0 Å². The van der Waals surface area contributed by atoms with Gasteiger partial charge in [-0.15, -0.1) is 0 Å². The number of fused-ring (bicyclic) bond motifs is 1. The summed E-state index contributed by atoms with van der Waals surface area (Å²) >= 11 is 5.70. The molecule has 0 saturated carbocycles. The number of carbonyl (C=O) groups excluding carboxylic acids is 2. The van der Waals surface area contributed by atoms with Gasteiger partial charge < -0.3 is 5.73 Å². The van der Waals surface area contributed by atoms with Crippen LogP contribution < -0.4 is 5.73 Å². The third-order valence-corrected chi connectivity index (χ3v) is 3.61. The van der Waals surface area contributed by atoms with Gasteiger partial charge in [0.1, 0.15) is 5.82 Å². The molecule has 2 N–H and O–H groups in total. The fraction of sp³-hybridized carbons (Fsp3) is 0.0667. The van der Waals surface area contributed by atoms with Crippen molar-refractivity contribution in [1.29, 1.82) is 0 Å². The Morgan fingerprint density at radius 3 is 2.48 bits per heavy atom. The molecule has 1 heterocycles. The van der Waals surface area contributed by atoms with Gasteiger partial charge in [0.2, 0.25) is 0 Å². The van der Waals surface area contributed by atoms with Crippen LogP contribution in [-0.2, 0) is 6.54 Å². The monoisotopic (exact) mass is 304 g/mol. The van der Waals surface area contributed by atoms with Gasteiger partial charge in [-0.3, -0.25) is 14.5 Å². The van der Waals surface area contributed by atoms with Gasteiger partial charge in [0, 0.05) is 5.69 Å². The first-order chi connectivity index (χ1) is 9.97. The predicted octanol–water partition coefficient (Wildman–Crippen LogP) is 2.86. The summed E-state index contributed by atoms with van der Waals surface area (Å²) in [6.07, 6.45) is 0. The summed E-state index contributed by atoms with van der Waals surface area (Å²) in [4.78, 5) is 25.6. The molecule has 1 aliphatic heterocycles. The average molecular weight is 305 g/mol. The highest BCUT2D eigenvalue weighted by Gasteiger charge is 2.35. The van der Waals surface area contributed by atoms with Crippen LogP contribution in [0.1, 0.15) is 26.3 Å². The number of anilines is 1. The highest BCUT2D eigenvalue weighted by Crippen LogP contribution is 2.27. The molecule has 3 rings (SSSR count). The molecule has 4 nitrogen and oxygen atoms in total. The lowest BCUT2D eigenvalue weighted by molar-refractivity contribution is 0.0642. The molecule has 0 aliphatic carbocycles. The van der Waals surface area contributed by atoms with Gasteiger partial charge in [0.15, 0.2) is 0 Å². The van der Waals surface area contributed by atoms with Gasteiger partial charge in [0.05, 0.1) is 22.7 Å². The zero-order chi connectivity index (χ0) is 15.1. The van der Waals surface area contributed by atoms with E-state index in [0.717, 1.165) is 4.90 Å². The molecule has 1 aliphatic rings. The van der Waals surface area contributed by atoms with E-state index in [-0.39, 0.29) is 17.1 Å². The van der Waals surface area contributed by atoms with Crippen molar-refractivity contribution in [2.75, 3.05) is 5.73 Å². The van der Waals surface area contributed by atoms with Crippen LogP contribution in [-0.4, -0.2) is 16.7 Å². The zero-order valence-corrected chi connectivity index (χ0v) is 11.5. The highest BCUT2D eigenvalue weighted by atomic mass is 35.5. The molecule has 6 heteroatoms. The normalized spacial score (nSPS) is 13.7. The van der Waals surface area contributed by atoms with Gasteiger partial charge >= 0.3 is 0 Å². The summed E-state index contributed by atoms with van der Waals surface area (Å²) in [5.74, 6) is -1.35. The number of nitrogens with zero attached hydrogens (tertiary/aromatic N) is 1. The topological polar surface area (TPSA) is 63.4 Å². The Hall–Kier alpha value is -2.40. The molecule has 2 amide bonds. The third-order valence-electron chi connectivity index (χ3n) is 3.32. The fourth-order valence-electron chi connectivity index (χ4n) is 2.27. The standard InChI is InChI=1S/C15H10ClFN2O2/c16-12-5-8(1-4-13(12)17)7-19-14(20)10-3-2-9(18)6-11(10)15(19)21/h1-6H,7,18H2. The fourth-order valence-corrected chi connectivity index (χ4v) is 2.48. The largest absolute Gasteiger partial charge is 0.399 e. The van der Waals surface area contributed by atoms with E-state index >= 15 is 0 Å². The minimum Gasteiger partial charge on any atom is -0.399 e. The lowest BCUT2D eigenvalue weighted by Gasteiger charge is -2.14. The van der Waals surface area contributed by atoms with Crippen LogP contribution >= 0.6 is 11.6 Å². The van der Waals surface area contributed by atoms with Crippen LogP contribution in [0.2, 0.25) is 5.02 Å². The van der Waals surface area contributed by atoms with Crippen LogP contribution in [0.5, 0.6) is 0 Å². The first-order valence-corrected chi connectivity index (χ1v) is 6.55. The van der Waals surface area contributed by atoms with Crippen molar-refractivity contribution in [3.63, 3.8) is 0 Å². The molecule has 0 aromatic heterocycles. The summed E-state index contributed by atoms with van der Waals surface area (Å²) in [5.41, 5.74) is 7.23. The van der Waals surface area contributed by atoms with Crippen molar-refractivity contribution in [3.8, 4) is 0 Å². The van der Waals surface area contributed by atoms with E-state index in [1.165, 1.54) is 30.3 Å². The van der Waals surface area contributed by atoms with Crippen molar-refractivity contribution in [1.82, 2.24) is 4.90 Å². The number of amides is 2. The van der Waals surface area contributed by atoms with Crippen LogP contribution in [0.3, 0.4) is 0 Å². The maximum atomic E-state index is 13.1. The molecule has 0 saturated heterocycles. The van der Waals surface area contributed by atoms with Crippen molar-refractivity contribution in [3.05, 3.63) is 63.9 Å². The summed E-state index contributed by atoms with van der Waals surface area (Å²) in [6.45, 7) is 0.0340. The molecular formula is C15H10ClFN2O2.